The van der Waals surface area contributed by atoms with Gasteiger partial charge >= 0.3 is 0 Å². The van der Waals surface area contributed by atoms with Crippen molar-refractivity contribution in [2.24, 2.45) is 0 Å². The molecule has 2 aromatic heterocycles. The van der Waals surface area contributed by atoms with E-state index in [1.54, 1.807) is 11.3 Å². The molecule has 3 aromatic rings. The van der Waals surface area contributed by atoms with Crippen LogP contribution in [0, 0.1) is 13.8 Å². The Morgan fingerprint density at radius 3 is 2.76 bits per heavy atom. The van der Waals surface area contributed by atoms with E-state index in [9.17, 15) is 0 Å². The van der Waals surface area contributed by atoms with Gasteiger partial charge < -0.3 is 9.73 Å². The van der Waals surface area contributed by atoms with Crippen molar-refractivity contribution in [3.05, 3.63) is 56.8 Å². The summed E-state index contributed by atoms with van der Waals surface area (Å²) in [5.41, 5.74) is 2.55. The number of thiophene rings is 1. The average molecular weight is 364 g/mol. The van der Waals surface area contributed by atoms with Gasteiger partial charge in [0.1, 0.15) is 11.5 Å². The van der Waals surface area contributed by atoms with E-state index in [1.165, 1.54) is 21.2 Å². The molecule has 0 aliphatic rings. The minimum absolute atomic E-state index is 0.176. The summed E-state index contributed by atoms with van der Waals surface area (Å²) in [6.07, 6.45) is 0. The summed E-state index contributed by atoms with van der Waals surface area (Å²) in [5, 5.41) is 7.16. The van der Waals surface area contributed by atoms with Gasteiger partial charge in [-0.1, -0.05) is 19.1 Å². The van der Waals surface area contributed by atoms with Crippen LogP contribution in [0.15, 0.2) is 38.5 Å². The van der Waals surface area contributed by atoms with Crippen LogP contribution in [0.3, 0.4) is 0 Å². The molecule has 0 radical (unpaired) electrons. The van der Waals surface area contributed by atoms with Gasteiger partial charge in [-0.05, 0) is 64.8 Å². The molecule has 2 nitrogen and oxygen atoms in total. The van der Waals surface area contributed by atoms with Crippen LogP contribution in [0.4, 0.5) is 0 Å². The van der Waals surface area contributed by atoms with Gasteiger partial charge in [0.25, 0.3) is 0 Å². The second-order valence-electron chi connectivity index (χ2n) is 5.17. The monoisotopic (exact) mass is 363 g/mol. The van der Waals surface area contributed by atoms with Gasteiger partial charge in [0.2, 0.25) is 0 Å². The molecule has 1 N–H and O–H groups in total. The molecule has 0 bridgehead atoms. The molecule has 0 saturated carbocycles. The molecule has 1 unspecified atom stereocenters. The van der Waals surface area contributed by atoms with Crippen LogP contribution in [0.2, 0.25) is 0 Å². The average Bonchev–Trinajstić information content (AvgIpc) is 3.01. The lowest BCUT2D eigenvalue weighted by molar-refractivity contribution is 0.495. The van der Waals surface area contributed by atoms with Crippen LogP contribution in [-0.2, 0) is 0 Å². The molecule has 0 aliphatic heterocycles. The number of nitrogens with one attached hydrogen (secondary N) is 1. The summed E-state index contributed by atoms with van der Waals surface area (Å²) in [5.74, 6) is 1.96. The molecule has 2 heterocycles. The van der Waals surface area contributed by atoms with Crippen molar-refractivity contribution >= 4 is 37.4 Å². The van der Waals surface area contributed by atoms with Gasteiger partial charge in [-0.25, -0.2) is 0 Å². The lowest BCUT2D eigenvalue weighted by Gasteiger charge is -2.17. The summed E-state index contributed by atoms with van der Waals surface area (Å²) >= 11 is 5.43. The Kier molecular flexibility index (Phi) is 4.20. The molecule has 1 aromatic carbocycles. The summed E-state index contributed by atoms with van der Waals surface area (Å²) in [6, 6.07) is 8.70. The predicted octanol–water partition coefficient (Wildman–Crippen LogP) is 5.57. The largest absolute Gasteiger partial charge is 0.466 e. The maximum Gasteiger partial charge on any atom is 0.106 e. The zero-order valence-corrected chi connectivity index (χ0v) is 14.8. The molecule has 21 heavy (non-hydrogen) atoms. The van der Waals surface area contributed by atoms with Crippen LogP contribution in [-0.4, -0.2) is 6.54 Å². The normalized spacial score (nSPS) is 13.0. The summed E-state index contributed by atoms with van der Waals surface area (Å²) in [6.45, 7) is 7.10. The molecule has 0 spiro atoms. The van der Waals surface area contributed by atoms with Crippen LogP contribution in [0.5, 0.6) is 0 Å². The second kappa shape index (κ2) is 5.95. The van der Waals surface area contributed by atoms with Crippen molar-refractivity contribution in [2.45, 2.75) is 26.8 Å². The highest BCUT2D eigenvalue weighted by molar-refractivity contribution is 9.10. The summed E-state index contributed by atoms with van der Waals surface area (Å²) in [4.78, 5) is 0. The Hall–Kier alpha value is -1.10. The Morgan fingerprint density at radius 1 is 1.29 bits per heavy atom. The van der Waals surface area contributed by atoms with Crippen molar-refractivity contribution in [1.29, 1.82) is 0 Å². The maximum absolute atomic E-state index is 5.73. The van der Waals surface area contributed by atoms with Crippen molar-refractivity contribution in [3.63, 3.8) is 0 Å². The Morgan fingerprint density at radius 2 is 2.10 bits per heavy atom. The van der Waals surface area contributed by atoms with Crippen LogP contribution in [0.1, 0.15) is 35.6 Å². The fourth-order valence-corrected chi connectivity index (χ4v) is 4.44. The molecule has 0 aliphatic carbocycles. The van der Waals surface area contributed by atoms with Crippen molar-refractivity contribution in [2.75, 3.05) is 6.54 Å². The van der Waals surface area contributed by atoms with Crippen LogP contribution >= 0.6 is 27.3 Å². The number of fused-ring (bicyclic) bond motifs is 1. The fourth-order valence-electron chi connectivity index (χ4n) is 2.79. The van der Waals surface area contributed by atoms with Gasteiger partial charge in [0.15, 0.2) is 0 Å². The first-order valence-corrected chi connectivity index (χ1v) is 8.75. The van der Waals surface area contributed by atoms with E-state index in [2.05, 4.69) is 57.8 Å². The number of rotatable bonds is 4. The molecule has 4 heteroatoms. The minimum Gasteiger partial charge on any atom is -0.466 e. The highest BCUT2D eigenvalue weighted by Crippen LogP contribution is 2.38. The summed E-state index contributed by atoms with van der Waals surface area (Å²) < 4.78 is 8.19. The molecule has 110 valence electrons. The Bertz CT molecular complexity index is 774. The Labute approximate surface area is 137 Å². The first-order chi connectivity index (χ1) is 10.1. The van der Waals surface area contributed by atoms with Crippen molar-refractivity contribution < 1.29 is 4.42 Å². The van der Waals surface area contributed by atoms with E-state index in [0.29, 0.717) is 0 Å². The molecule has 0 saturated heterocycles. The number of furan rings is 1. The molecular weight excluding hydrogens is 346 g/mol. The molecule has 1 atom stereocenters. The van der Waals surface area contributed by atoms with Crippen LogP contribution in [0.25, 0.3) is 10.1 Å². The van der Waals surface area contributed by atoms with Gasteiger partial charge in [0, 0.05) is 14.7 Å². The first-order valence-electron chi connectivity index (χ1n) is 7.07. The van der Waals surface area contributed by atoms with E-state index in [1.807, 2.05) is 13.8 Å². The van der Waals surface area contributed by atoms with Gasteiger partial charge in [-0.3, -0.25) is 0 Å². The number of aryl methyl sites for hydroxylation is 2. The first kappa shape index (κ1) is 14.8. The lowest BCUT2D eigenvalue weighted by Crippen LogP contribution is -2.21. The number of halogens is 1. The third-order valence-electron chi connectivity index (χ3n) is 3.69. The predicted molar refractivity (Wildman–Crippen MR) is 93.2 cm³/mol. The number of hydrogen-bond donors (Lipinski definition) is 1. The number of hydrogen-bond acceptors (Lipinski definition) is 3. The molecular formula is C17H18BrNOS. The molecule has 3 rings (SSSR count). The smallest absolute Gasteiger partial charge is 0.106 e. The highest BCUT2D eigenvalue weighted by atomic mass is 79.9. The van der Waals surface area contributed by atoms with Gasteiger partial charge in [0.05, 0.1) is 6.04 Å². The topological polar surface area (TPSA) is 25.2 Å². The van der Waals surface area contributed by atoms with Gasteiger partial charge in [-0.2, -0.15) is 0 Å². The Balaban J connectivity index is 2.16. The zero-order valence-electron chi connectivity index (χ0n) is 12.4. The third kappa shape index (κ3) is 2.68. The highest BCUT2D eigenvalue weighted by Gasteiger charge is 2.21. The van der Waals surface area contributed by atoms with Crippen molar-refractivity contribution in [1.82, 2.24) is 5.32 Å². The summed E-state index contributed by atoms with van der Waals surface area (Å²) in [7, 11) is 0. The van der Waals surface area contributed by atoms with E-state index in [0.717, 1.165) is 22.5 Å². The fraction of sp³-hybridized carbons (Fsp3) is 0.294. The number of benzene rings is 1. The molecule has 0 fully saturated rings. The third-order valence-corrected chi connectivity index (χ3v) is 5.66. The second-order valence-corrected chi connectivity index (χ2v) is 6.90. The molecule has 0 amide bonds. The van der Waals surface area contributed by atoms with Crippen LogP contribution < -0.4 is 5.32 Å². The van der Waals surface area contributed by atoms with E-state index < -0.39 is 0 Å². The van der Waals surface area contributed by atoms with E-state index in [4.69, 9.17) is 4.42 Å². The SMILES string of the molecule is CCNC(c1cc(C)oc1C)c1csc2c(Br)cccc12. The van der Waals surface area contributed by atoms with Crippen molar-refractivity contribution in [3.8, 4) is 0 Å². The lowest BCUT2D eigenvalue weighted by atomic mass is 9.98. The van der Waals surface area contributed by atoms with E-state index in [-0.39, 0.29) is 6.04 Å². The maximum atomic E-state index is 5.73. The van der Waals surface area contributed by atoms with E-state index >= 15 is 0 Å². The minimum atomic E-state index is 0.176. The quantitative estimate of drug-likeness (QED) is 0.654. The standard InChI is InChI=1S/C17H18BrNOS/c1-4-19-16(13-8-10(2)20-11(13)3)14-9-21-17-12(14)6-5-7-15(17)18/h5-9,16,19H,4H2,1-3H3. The zero-order chi connectivity index (χ0) is 15.0. The van der Waals surface area contributed by atoms with Gasteiger partial charge in [-0.15, -0.1) is 11.3 Å².